The Labute approximate surface area is 161 Å². The first-order chi connectivity index (χ1) is 13.5. The van der Waals surface area contributed by atoms with Crippen molar-refractivity contribution in [3.05, 3.63) is 107 Å². The van der Waals surface area contributed by atoms with Crippen molar-refractivity contribution in [3.8, 4) is 0 Å². The molecule has 142 valence electrons. The number of hydrogen-bond acceptors (Lipinski definition) is 2. The molecule has 0 aliphatic heterocycles. The van der Waals surface area contributed by atoms with Gasteiger partial charge in [0, 0.05) is 5.56 Å². The summed E-state index contributed by atoms with van der Waals surface area (Å²) in [6.07, 6.45) is 0. The van der Waals surface area contributed by atoms with Gasteiger partial charge >= 0.3 is 0 Å². The van der Waals surface area contributed by atoms with Crippen LogP contribution in [0.2, 0.25) is 0 Å². The maximum absolute atomic E-state index is 13.3. The molecule has 1 unspecified atom stereocenters. The van der Waals surface area contributed by atoms with Crippen molar-refractivity contribution >= 4 is 11.8 Å². The molecule has 0 aliphatic rings. The highest BCUT2D eigenvalue weighted by atomic mass is 19.1. The smallest absolute Gasteiger partial charge is 0.251 e. The summed E-state index contributed by atoms with van der Waals surface area (Å²) >= 11 is 0. The van der Waals surface area contributed by atoms with E-state index in [4.69, 9.17) is 0 Å². The lowest BCUT2D eigenvalue weighted by atomic mass is 9.98. The quantitative estimate of drug-likeness (QED) is 0.687. The third kappa shape index (κ3) is 5.01. The molecule has 0 fully saturated rings. The van der Waals surface area contributed by atoms with E-state index >= 15 is 0 Å². The first kappa shape index (κ1) is 19.2. The van der Waals surface area contributed by atoms with Gasteiger partial charge in [0.05, 0.1) is 12.6 Å². The van der Waals surface area contributed by atoms with Crippen LogP contribution in [0.1, 0.15) is 27.5 Å². The molecular weight excluding hydrogens is 362 g/mol. The summed E-state index contributed by atoms with van der Waals surface area (Å²) in [4.78, 5) is 24.5. The van der Waals surface area contributed by atoms with Crippen LogP contribution in [-0.4, -0.2) is 18.4 Å². The second kappa shape index (κ2) is 8.90. The second-order valence-corrected chi connectivity index (χ2v) is 6.15. The molecule has 0 aromatic heterocycles. The molecule has 0 spiro atoms. The van der Waals surface area contributed by atoms with Gasteiger partial charge in [0.2, 0.25) is 5.91 Å². The molecule has 0 saturated heterocycles. The highest BCUT2D eigenvalue weighted by molar-refractivity contribution is 5.96. The molecule has 6 heteroatoms. The number of carbonyl (C=O) groups excluding carboxylic acids is 2. The Hall–Kier alpha value is -3.54. The fourth-order valence-electron chi connectivity index (χ4n) is 2.74. The number of hydrogen-bond donors (Lipinski definition) is 2. The van der Waals surface area contributed by atoms with E-state index in [2.05, 4.69) is 10.6 Å². The van der Waals surface area contributed by atoms with Crippen LogP contribution in [0.15, 0.2) is 78.9 Å². The fourth-order valence-corrected chi connectivity index (χ4v) is 2.74. The van der Waals surface area contributed by atoms with Gasteiger partial charge in [0.1, 0.15) is 11.6 Å². The van der Waals surface area contributed by atoms with Crippen molar-refractivity contribution in [2.75, 3.05) is 6.54 Å². The van der Waals surface area contributed by atoms with Gasteiger partial charge in [0.15, 0.2) is 0 Å². The van der Waals surface area contributed by atoms with Crippen LogP contribution in [0.4, 0.5) is 8.78 Å². The molecule has 3 aromatic rings. The largest absolute Gasteiger partial charge is 0.344 e. The van der Waals surface area contributed by atoms with Gasteiger partial charge in [-0.2, -0.15) is 0 Å². The average molecular weight is 380 g/mol. The van der Waals surface area contributed by atoms with Crippen LogP contribution >= 0.6 is 0 Å². The van der Waals surface area contributed by atoms with Crippen LogP contribution in [0, 0.1) is 11.6 Å². The van der Waals surface area contributed by atoms with Crippen molar-refractivity contribution in [2.45, 2.75) is 6.04 Å². The summed E-state index contributed by atoms with van der Waals surface area (Å²) in [5.41, 5.74) is 1.80. The van der Waals surface area contributed by atoms with Gasteiger partial charge in [-0.05, 0) is 47.5 Å². The molecule has 0 aliphatic carbocycles. The van der Waals surface area contributed by atoms with Crippen molar-refractivity contribution in [1.82, 2.24) is 10.6 Å². The lowest BCUT2D eigenvalue weighted by Gasteiger charge is -2.20. The minimum Gasteiger partial charge on any atom is -0.344 e. The molecule has 1 atom stereocenters. The molecule has 3 rings (SSSR count). The number of carbonyl (C=O) groups is 2. The highest BCUT2D eigenvalue weighted by Crippen LogP contribution is 2.22. The third-order valence-electron chi connectivity index (χ3n) is 4.16. The van der Waals surface area contributed by atoms with Gasteiger partial charge in [-0.1, -0.05) is 42.5 Å². The lowest BCUT2D eigenvalue weighted by molar-refractivity contribution is -0.120. The zero-order valence-corrected chi connectivity index (χ0v) is 14.9. The van der Waals surface area contributed by atoms with Gasteiger partial charge in [-0.15, -0.1) is 0 Å². The van der Waals surface area contributed by atoms with Gasteiger partial charge in [0.25, 0.3) is 5.91 Å². The van der Waals surface area contributed by atoms with Crippen molar-refractivity contribution in [3.63, 3.8) is 0 Å². The Bertz CT molecular complexity index is 943. The molecule has 0 radical (unpaired) electrons. The summed E-state index contributed by atoms with van der Waals surface area (Å²) < 4.78 is 26.2. The lowest BCUT2D eigenvalue weighted by Crippen LogP contribution is -2.39. The molecule has 2 N–H and O–H groups in total. The van der Waals surface area contributed by atoms with E-state index in [1.54, 1.807) is 12.1 Å². The molecule has 3 aromatic carbocycles. The summed E-state index contributed by atoms with van der Waals surface area (Å²) in [6, 6.07) is 19.6. The molecule has 4 nitrogen and oxygen atoms in total. The number of benzene rings is 3. The van der Waals surface area contributed by atoms with E-state index in [1.807, 2.05) is 30.3 Å². The minimum atomic E-state index is -0.489. The average Bonchev–Trinajstić information content (AvgIpc) is 2.72. The summed E-state index contributed by atoms with van der Waals surface area (Å²) in [6.45, 7) is -0.249. The minimum absolute atomic E-state index is 0.249. The molecular formula is C22H18F2N2O2. The first-order valence-electron chi connectivity index (χ1n) is 8.66. The van der Waals surface area contributed by atoms with E-state index in [9.17, 15) is 18.4 Å². The van der Waals surface area contributed by atoms with Crippen molar-refractivity contribution in [2.24, 2.45) is 0 Å². The second-order valence-electron chi connectivity index (χ2n) is 6.15. The monoisotopic (exact) mass is 380 g/mol. The van der Waals surface area contributed by atoms with E-state index in [0.717, 1.165) is 5.56 Å². The normalized spacial score (nSPS) is 11.5. The molecule has 0 heterocycles. The van der Waals surface area contributed by atoms with E-state index < -0.39 is 23.7 Å². The predicted octanol–water partition coefficient (Wildman–Crippen LogP) is 3.60. The SMILES string of the molecule is O=C(CNC(=O)c1ccc(F)cc1)NC(c1ccccc1)c1ccc(F)cc1. The Kier molecular flexibility index (Phi) is 6.11. The number of amides is 2. The van der Waals surface area contributed by atoms with E-state index in [1.165, 1.54) is 36.4 Å². The van der Waals surface area contributed by atoms with Crippen molar-refractivity contribution in [1.29, 1.82) is 0 Å². The number of halogens is 2. The van der Waals surface area contributed by atoms with Gasteiger partial charge in [-0.25, -0.2) is 8.78 Å². The zero-order chi connectivity index (χ0) is 19.9. The topological polar surface area (TPSA) is 58.2 Å². The molecule has 0 saturated carbocycles. The Morgan fingerprint density at radius 2 is 1.29 bits per heavy atom. The number of rotatable bonds is 6. The van der Waals surface area contributed by atoms with Crippen LogP contribution in [0.5, 0.6) is 0 Å². The van der Waals surface area contributed by atoms with Crippen LogP contribution in [0.25, 0.3) is 0 Å². The van der Waals surface area contributed by atoms with Crippen LogP contribution in [-0.2, 0) is 4.79 Å². The Balaban J connectivity index is 1.68. The van der Waals surface area contributed by atoms with Gasteiger partial charge < -0.3 is 10.6 Å². The molecule has 2 amide bonds. The maximum Gasteiger partial charge on any atom is 0.251 e. The predicted molar refractivity (Wildman–Crippen MR) is 102 cm³/mol. The number of nitrogens with one attached hydrogen (secondary N) is 2. The van der Waals surface area contributed by atoms with E-state index in [-0.39, 0.29) is 17.9 Å². The van der Waals surface area contributed by atoms with Crippen LogP contribution in [0.3, 0.4) is 0 Å². The summed E-state index contributed by atoms with van der Waals surface area (Å²) in [5.74, 6) is -1.70. The Morgan fingerprint density at radius 1 is 0.750 bits per heavy atom. The Morgan fingerprint density at radius 3 is 1.89 bits per heavy atom. The maximum atomic E-state index is 13.3. The van der Waals surface area contributed by atoms with E-state index in [0.29, 0.717) is 5.56 Å². The van der Waals surface area contributed by atoms with Crippen molar-refractivity contribution < 1.29 is 18.4 Å². The zero-order valence-electron chi connectivity index (χ0n) is 14.9. The van der Waals surface area contributed by atoms with Crippen LogP contribution < -0.4 is 10.6 Å². The molecule has 28 heavy (non-hydrogen) atoms. The standard InChI is InChI=1S/C22H18F2N2O2/c23-18-10-6-16(7-11-18)21(15-4-2-1-3-5-15)26-20(27)14-25-22(28)17-8-12-19(24)13-9-17/h1-13,21H,14H2,(H,25,28)(H,26,27). The molecule has 0 bridgehead atoms. The first-order valence-corrected chi connectivity index (χ1v) is 8.66. The van der Waals surface area contributed by atoms with Gasteiger partial charge in [-0.3, -0.25) is 9.59 Å². The fraction of sp³-hybridized carbons (Fsp3) is 0.0909. The third-order valence-corrected chi connectivity index (χ3v) is 4.16. The summed E-state index contributed by atoms with van der Waals surface area (Å²) in [5, 5.41) is 5.35. The summed E-state index contributed by atoms with van der Waals surface area (Å²) in [7, 11) is 0. The highest BCUT2D eigenvalue weighted by Gasteiger charge is 2.17.